The van der Waals surface area contributed by atoms with E-state index in [1.807, 2.05) is 6.07 Å². The Balaban J connectivity index is 2.06. The van der Waals surface area contributed by atoms with Crippen LogP contribution in [0.3, 0.4) is 0 Å². The van der Waals surface area contributed by atoms with Crippen molar-refractivity contribution in [2.45, 2.75) is 6.92 Å². The Bertz CT molecular complexity index is 1020. The molecule has 0 N–H and O–H groups in total. The molecule has 0 aliphatic heterocycles. The number of rotatable bonds is 4. The van der Waals surface area contributed by atoms with Gasteiger partial charge in [-0.25, -0.2) is 9.48 Å². The number of aromatic nitrogens is 2. The molecule has 0 radical (unpaired) electrons. The molecule has 0 bridgehead atoms. The van der Waals surface area contributed by atoms with Crippen LogP contribution in [-0.4, -0.2) is 21.7 Å². The fourth-order valence-electron chi connectivity index (χ4n) is 2.44. The summed E-state index contributed by atoms with van der Waals surface area (Å²) in [6.07, 6.45) is 0. The van der Waals surface area contributed by atoms with Crippen molar-refractivity contribution in [1.82, 2.24) is 9.78 Å². The molecular formula is C19H14Cl2N2O4. The second kappa shape index (κ2) is 7.82. The maximum Gasteiger partial charge on any atom is 0.344 e. The first kappa shape index (κ1) is 18.9. The van der Waals surface area contributed by atoms with Crippen LogP contribution in [0.15, 0.2) is 48.5 Å². The molecule has 0 saturated carbocycles. The van der Waals surface area contributed by atoms with Gasteiger partial charge in [-0.05, 0) is 24.3 Å². The zero-order chi connectivity index (χ0) is 19.6. The third kappa shape index (κ3) is 4.13. The molecule has 0 unspecified atom stereocenters. The number of ether oxygens (including phenoxy) is 2. The number of halogens is 2. The summed E-state index contributed by atoms with van der Waals surface area (Å²) in [5.74, 6) is -0.517. The van der Waals surface area contributed by atoms with Crippen molar-refractivity contribution in [1.29, 1.82) is 0 Å². The second-order valence-corrected chi connectivity index (χ2v) is 6.36. The van der Waals surface area contributed by atoms with Gasteiger partial charge in [0.05, 0.1) is 21.3 Å². The Morgan fingerprint density at radius 1 is 1.04 bits per heavy atom. The minimum absolute atomic E-state index is 0.145. The van der Waals surface area contributed by atoms with Gasteiger partial charge in [-0.15, -0.1) is 0 Å². The number of aryl methyl sites for hydroxylation is 1. The first-order valence-corrected chi connectivity index (χ1v) is 8.60. The van der Waals surface area contributed by atoms with Crippen LogP contribution in [0.1, 0.15) is 17.3 Å². The number of carbonyl (C=O) groups is 2. The van der Waals surface area contributed by atoms with E-state index in [4.69, 9.17) is 32.7 Å². The highest BCUT2D eigenvalue weighted by molar-refractivity contribution is 6.44. The minimum atomic E-state index is -0.616. The van der Waals surface area contributed by atoms with Gasteiger partial charge in [0.25, 0.3) is 0 Å². The lowest BCUT2D eigenvalue weighted by Crippen LogP contribution is -2.10. The fraction of sp³-hybridized carbons (Fsp3) is 0.105. The summed E-state index contributed by atoms with van der Waals surface area (Å²) >= 11 is 12.5. The minimum Gasteiger partial charge on any atom is -0.423 e. The van der Waals surface area contributed by atoms with Gasteiger partial charge < -0.3 is 9.47 Å². The summed E-state index contributed by atoms with van der Waals surface area (Å²) in [4.78, 5) is 23.9. The van der Waals surface area contributed by atoms with E-state index in [1.54, 1.807) is 31.3 Å². The van der Waals surface area contributed by atoms with E-state index in [2.05, 4.69) is 5.10 Å². The monoisotopic (exact) mass is 404 g/mol. The van der Waals surface area contributed by atoms with Gasteiger partial charge in [0.15, 0.2) is 0 Å². The van der Waals surface area contributed by atoms with Crippen LogP contribution in [-0.2, 0) is 11.8 Å². The molecule has 3 rings (SSSR count). The molecule has 1 aromatic heterocycles. The van der Waals surface area contributed by atoms with E-state index in [9.17, 15) is 9.59 Å². The molecule has 0 aliphatic rings. The van der Waals surface area contributed by atoms with Crippen molar-refractivity contribution in [3.8, 4) is 22.9 Å². The number of para-hydroxylation sites is 1. The molecule has 8 heteroatoms. The van der Waals surface area contributed by atoms with Gasteiger partial charge in [-0.2, -0.15) is 5.10 Å². The Morgan fingerprint density at radius 3 is 2.41 bits per heavy atom. The van der Waals surface area contributed by atoms with Crippen molar-refractivity contribution in [2.75, 3.05) is 0 Å². The first-order valence-electron chi connectivity index (χ1n) is 7.85. The largest absolute Gasteiger partial charge is 0.423 e. The standard InChI is InChI=1S/C19H14Cl2N2O4/c1-11(24)26-16-10-15(22-23(16)2)17-13(8-9-14(20)18(17)21)19(25)27-12-6-4-3-5-7-12/h3-10H,1-2H3. The number of hydrogen-bond donors (Lipinski definition) is 0. The zero-order valence-electron chi connectivity index (χ0n) is 14.4. The molecule has 0 spiro atoms. The maximum atomic E-state index is 12.7. The van der Waals surface area contributed by atoms with Crippen molar-refractivity contribution in [3.05, 3.63) is 64.1 Å². The van der Waals surface area contributed by atoms with E-state index >= 15 is 0 Å². The quantitative estimate of drug-likeness (QED) is 0.471. The Kier molecular flexibility index (Phi) is 5.48. The van der Waals surface area contributed by atoms with E-state index in [0.29, 0.717) is 17.0 Å². The molecule has 0 saturated heterocycles. The summed E-state index contributed by atoms with van der Waals surface area (Å²) in [5.41, 5.74) is 0.793. The predicted octanol–water partition coefficient (Wildman–Crippen LogP) is 4.54. The zero-order valence-corrected chi connectivity index (χ0v) is 15.9. The highest BCUT2D eigenvalue weighted by Gasteiger charge is 2.23. The van der Waals surface area contributed by atoms with Crippen LogP contribution in [0, 0.1) is 0 Å². The van der Waals surface area contributed by atoms with Crippen LogP contribution in [0.2, 0.25) is 10.0 Å². The predicted molar refractivity (Wildman–Crippen MR) is 101 cm³/mol. The fourth-order valence-corrected chi connectivity index (χ4v) is 2.86. The Morgan fingerprint density at radius 2 is 1.74 bits per heavy atom. The summed E-state index contributed by atoms with van der Waals surface area (Å²) < 4.78 is 11.8. The number of nitrogens with zero attached hydrogens (tertiary/aromatic N) is 2. The maximum absolute atomic E-state index is 12.7. The summed E-state index contributed by atoms with van der Waals surface area (Å²) in [5, 5.41) is 4.67. The molecular weight excluding hydrogens is 391 g/mol. The van der Waals surface area contributed by atoms with Crippen LogP contribution in [0.25, 0.3) is 11.3 Å². The molecule has 6 nitrogen and oxygen atoms in total. The summed E-state index contributed by atoms with van der Waals surface area (Å²) in [7, 11) is 1.60. The van der Waals surface area contributed by atoms with E-state index in [0.717, 1.165) is 0 Å². The van der Waals surface area contributed by atoms with Crippen LogP contribution < -0.4 is 9.47 Å². The Hall–Kier alpha value is -2.83. The van der Waals surface area contributed by atoms with E-state index in [1.165, 1.54) is 29.8 Å². The number of hydrogen-bond acceptors (Lipinski definition) is 5. The molecule has 0 aliphatic carbocycles. The second-order valence-electron chi connectivity index (χ2n) is 5.57. The van der Waals surface area contributed by atoms with Gasteiger partial charge in [0.2, 0.25) is 5.88 Å². The first-order chi connectivity index (χ1) is 12.9. The molecule has 27 heavy (non-hydrogen) atoms. The van der Waals surface area contributed by atoms with Crippen molar-refractivity contribution in [3.63, 3.8) is 0 Å². The lowest BCUT2D eigenvalue weighted by molar-refractivity contribution is -0.132. The third-order valence-electron chi connectivity index (χ3n) is 3.61. The van der Waals surface area contributed by atoms with Crippen LogP contribution in [0.4, 0.5) is 0 Å². The van der Waals surface area contributed by atoms with Gasteiger partial charge in [0.1, 0.15) is 5.75 Å². The summed E-state index contributed by atoms with van der Waals surface area (Å²) in [6, 6.07) is 13.2. The molecule has 138 valence electrons. The van der Waals surface area contributed by atoms with Gasteiger partial charge in [0, 0.05) is 25.6 Å². The average molecular weight is 405 g/mol. The van der Waals surface area contributed by atoms with Crippen molar-refractivity contribution >= 4 is 35.1 Å². The molecule has 0 atom stereocenters. The van der Waals surface area contributed by atoms with Gasteiger partial charge >= 0.3 is 11.9 Å². The summed E-state index contributed by atoms with van der Waals surface area (Å²) in [6.45, 7) is 1.28. The van der Waals surface area contributed by atoms with Crippen molar-refractivity contribution in [2.24, 2.45) is 7.05 Å². The Labute approximate surface area is 165 Å². The van der Waals surface area contributed by atoms with E-state index in [-0.39, 0.29) is 21.5 Å². The number of esters is 2. The molecule has 0 amide bonds. The topological polar surface area (TPSA) is 70.4 Å². The smallest absolute Gasteiger partial charge is 0.344 e. The SMILES string of the molecule is CC(=O)Oc1cc(-c2c(C(=O)Oc3ccccc3)ccc(Cl)c2Cl)nn1C. The normalized spacial score (nSPS) is 10.5. The highest BCUT2D eigenvalue weighted by Crippen LogP contribution is 2.37. The molecule has 3 aromatic rings. The number of carbonyl (C=O) groups excluding carboxylic acids is 2. The third-order valence-corrected chi connectivity index (χ3v) is 4.41. The lowest BCUT2D eigenvalue weighted by Gasteiger charge is -2.10. The lowest BCUT2D eigenvalue weighted by atomic mass is 10.0. The molecule has 1 heterocycles. The van der Waals surface area contributed by atoms with E-state index < -0.39 is 11.9 Å². The van der Waals surface area contributed by atoms with Gasteiger partial charge in [-0.1, -0.05) is 41.4 Å². The van der Waals surface area contributed by atoms with Crippen molar-refractivity contribution < 1.29 is 19.1 Å². The highest BCUT2D eigenvalue weighted by atomic mass is 35.5. The number of benzene rings is 2. The molecule has 0 fully saturated rings. The average Bonchev–Trinajstić information content (AvgIpc) is 2.97. The van der Waals surface area contributed by atoms with Crippen LogP contribution in [0.5, 0.6) is 11.6 Å². The molecule has 2 aromatic carbocycles. The van der Waals surface area contributed by atoms with Gasteiger partial charge in [-0.3, -0.25) is 4.79 Å². The van der Waals surface area contributed by atoms with Crippen LogP contribution >= 0.6 is 23.2 Å².